The molecular weight excluding hydrogens is 290 g/mol. The third-order valence-electron chi connectivity index (χ3n) is 3.99. The first-order valence-corrected chi connectivity index (χ1v) is 7.84. The Bertz CT molecular complexity index is 464. The maximum atomic E-state index is 13.0. The maximum absolute atomic E-state index is 13.0. The van der Waals surface area contributed by atoms with E-state index in [2.05, 4.69) is 0 Å². The zero-order valence-corrected chi connectivity index (χ0v) is 13.4. The van der Waals surface area contributed by atoms with Crippen LogP contribution >= 0.6 is 11.6 Å². The predicted octanol–water partition coefficient (Wildman–Crippen LogP) is 3.33. The van der Waals surface area contributed by atoms with Crippen LogP contribution in [-0.2, 0) is 0 Å². The smallest absolute Gasteiger partial charge is 0.261 e. The Morgan fingerprint density at radius 1 is 1.24 bits per heavy atom. The highest BCUT2D eigenvalue weighted by Gasteiger charge is 2.30. The summed E-state index contributed by atoms with van der Waals surface area (Å²) in [7, 11) is 3.13. The van der Waals surface area contributed by atoms with Crippen molar-refractivity contribution in [2.75, 3.05) is 26.6 Å². The van der Waals surface area contributed by atoms with Crippen LogP contribution in [-0.4, -0.2) is 43.5 Å². The van der Waals surface area contributed by atoms with Crippen LogP contribution in [0.1, 0.15) is 36.0 Å². The van der Waals surface area contributed by atoms with Gasteiger partial charge in [-0.1, -0.05) is 18.9 Å². The van der Waals surface area contributed by atoms with Crippen LogP contribution < -0.4 is 9.47 Å². The molecule has 1 amide bonds. The highest BCUT2D eigenvalue weighted by molar-refractivity contribution is 6.18. The molecule has 0 atom stereocenters. The number of rotatable bonds is 6. The van der Waals surface area contributed by atoms with E-state index in [9.17, 15) is 4.79 Å². The van der Waals surface area contributed by atoms with Crippen LogP contribution in [0.3, 0.4) is 0 Å². The number of carbonyl (C=O) groups is 1. The van der Waals surface area contributed by atoms with Gasteiger partial charge in [0.15, 0.2) is 0 Å². The highest BCUT2D eigenvalue weighted by Crippen LogP contribution is 2.32. The van der Waals surface area contributed by atoms with E-state index in [0.29, 0.717) is 29.5 Å². The molecule has 1 aromatic carbocycles. The van der Waals surface area contributed by atoms with Crippen LogP contribution in [0.4, 0.5) is 0 Å². The lowest BCUT2D eigenvalue weighted by Crippen LogP contribution is -2.40. The monoisotopic (exact) mass is 311 g/mol. The van der Waals surface area contributed by atoms with Crippen molar-refractivity contribution in [2.45, 2.75) is 31.7 Å². The standard InChI is InChI=1S/C16H22ClNO3/c1-20-13-8-5-9-14(21-2)15(13)16(19)18(11-10-17)12-6-3-4-7-12/h5,8-9,12H,3-4,6-7,10-11H2,1-2H3. The average Bonchev–Trinajstić information content (AvgIpc) is 3.05. The molecule has 0 aromatic heterocycles. The van der Waals surface area contributed by atoms with Gasteiger partial charge in [-0.25, -0.2) is 0 Å². The van der Waals surface area contributed by atoms with E-state index < -0.39 is 0 Å². The Kier molecular flexibility index (Phi) is 5.74. The fourth-order valence-corrected chi connectivity index (χ4v) is 3.14. The van der Waals surface area contributed by atoms with Crippen molar-refractivity contribution in [3.63, 3.8) is 0 Å². The number of benzene rings is 1. The van der Waals surface area contributed by atoms with E-state index in [1.807, 2.05) is 11.0 Å². The lowest BCUT2D eigenvalue weighted by Gasteiger charge is -2.29. The van der Waals surface area contributed by atoms with E-state index in [0.717, 1.165) is 12.8 Å². The van der Waals surface area contributed by atoms with Crippen molar-refractivity contribution >= 4 is 17.5 Å². The van der Waals surface area contributed by atoms with Crippen LogP contribution in [0.5, 0.6) is 11.5 Å². The van der Waals surface area contributed by atoms with Crippen LogP contribution in [0.2, 0.25) is 0 Å². The summed E-state index contributed by atoms with van der Waals surface area (Å²) in [5, 5.41) is 0. The minimum Gasteiger partial charge on any atom is -0.496 e. The van der Waals surface area contributed by atoms with Crippen molar-refractivity contribution in [3.8, 4) is 11.5 Å². The minimum absolute atomic E-state index is 0.0585. The number of carbonyl (C=O) groups excluding carboxylic acids is 1. The third kappa shape index (κ3) is 3.43. The van der Waals surface area contributed by atoms with Gasteiger partial charge in [-0.05, 0) is 25.0 Å². The van der Waals surface area contributed by atoms with Crippen molar-refractivity contribution in [1.82, 2.24) is 4.90 Å². The molecule has 0 spiro atoms. The SMILES string of the molecule is COc1cccc(OC)c1C(=O)N(CCCl)C1CCCC1. The van der Waals surface area contributed by atoms with Crippen molar-refractivity contribution in [1.29, 1.82) is 0 Å². The van der Waals surface area contributed by atoms with E-state index >= 15 is 0 Å². The van der Waals surface area contributed by atoms with Gasteiger partial charge >= 0.3 is 0 Å². The lowest BCUT2D eigenvalue weighted by atomic mass is 10.1. The predicted molar refractivity (Wildman–Crippen MR) is 83.6 cm³/mol. The summed E-state index contributed by atoms with van der Waals surface area (Å²) in [6.45, 7) is 0.548. The summed E-state index contributed by atoms with van der Waals surface area (Å²) in [5.41, 5.74) is 0.486. The zero-order chi connectivity index (χ0) is 15.2. The molecule has 4 nitrogen and oxygen atoms in total. The molecule has 1 aliphatic carbocycles. The van der Waals surface area contributed by atoms with Crippen LogP contribution in [0.15, 0.2) is 18.2 Å². The number of hydrogen-bond donors (Lipinski definition) is 0. The summed E-state index contributed by atoms with van der Waals surface area (Å²) in [6.07, 6.45) is 4.42. The number of hydrogen-bond acceptors (Lipinski definition) is 3. The first-order valence-electron chi connectivity index (χ1n) is 7.30. The fourth-order valence-electron chi connectivity index (χ4n) is 2.96. The topological polar surface area (TPSA) is 38.8 Å². The van der Waals surface area contributed by atoms with Gasteiger partial charge in [0.1, 0.15) is 17.1 Å². The molecule has 116 valence electrons. The number of methoxy groups -OCH3 is 2. The van der Waals surface area contributed by atoms with E-state index in [1.165, 1.54) is 12.8 Å². The van der Waals surface area contributed by atoms with Gasteiger partial charge in [0.2, 0.25) is 0 Å². The second kappa shape index (κ2) is 7.55. The molecule has 0 heterocycles. The maximum Gasteiger partial charge on any atom is 0.261 e. The number of alkyl halides is 1. The first-order chi connectivity index (χ1) is 10.2. The van der Waals surface area contributed by atoms with Crippen molar-refractivity contribution in [2.24, 2.45) is 0 Å². The van der Waals surface area contributed by atoms with Gasteiger partial charge in [0.25, 0.3) is 5.91 Å². The molecule has 0 aliphatic heterocycles. The zero-order valence-electron chi connectivity index (χ0n) is 12.6. The van der Waals surface area contributed by atoms with Gasteiger partial charge in [0, 0.05) is 18.5 Å². The summed E-state index contributed by atoms with van der Waals surface area (Å²) in [5.74, 6) is 1.45. The molecule has 21 heavy (non-hydrogen) atoms. The molecule has 2 rings (SSSR count). The number of halogens is 1. The Balaban J connectivity index is 2.35. The van der Waals surface area contributed by atoms with Gasteiger partial charge in [-0.15, -0.1) is 11.6 Å². The van der Waals surface area contributed by atoms with E-state index in [4.69, 9.17) is 21.1 Å². The molecule has 0 saturated heterocycles. The normalized spacial score (nSPS) is 15.0. The van der Waals surface area contributed by atoms with Crippen LogP contribution in [0.25, 0.3) is 0 Å². The van der Waals surface area contributed by atoms with E-state index in [-0.39, 0.29) is 11.9 Å². The molecule has 0 bridgehead atoms. The number of nitrogens with zero attached hydrogens (tertiary/aromatic N) is 1. The molecule has 1 fully saturated rings. The first kappa shape index (κ1) is 16.0. The summed E-state index contributed by atoms with van der Waals surface area (Å²) < 4.78 is 10.7. The van der Waals surface area contributed by atoms with Gasteiger partial charge < -0.3 is 14.4 Å². The second-order valence-corrected chi connectivity index (χ2v) is 5.54. The quantitative estimate of drug-likeness (QED) is 0.756. The Labute approximate surface area is 131 Å². The van der Waals surface area contributed by atoms with Gasteiger partial charge in [-0.2, -0.15) is 0 Å². The Morgan fingerprint density at radius 3 is 2.29 bits per heavy atom. The van der Waals surface area contributed by atoms with Crippen LogP contribution in [0, 0.1) is 0 Å². The molecule has 5 heteroatoms. The second-order valence-electron chi connectivity index (χ2n) is 5.16. The highest BCUT2D eigenvalue weighted by atomic mass is 35.5. The Morgan fingerprint density at radius 2 is 1.81 bits per heavy atom. The molecular formula is C16H22ClNO3. The average molecular weight is 312 g/mol. The van der Waals surface area contributed by atoms with Crippen molar-refractivity contribution in [3.05, 3.63) is 23.8 Å². The molecule has 1 aromatic rings. The lowest BCUT2D eigenvalue weighted by molar-refractivity contribution is 0.0688. The molecule has 0 radical (unpaired) electrons. The largest absolute Gasteiger partial charge is 0.496 e. The van der Waals surface area contributed by atoms with Gasteiger partial charge in [-0.3, -0.25) is 4.79 Å². The molecule has 0 N–H and O–H groups in total. The van der Waals surface area contributed by atoms with E-state index in [1.54, 1.807) is 26.4 Å². The third-order valence-corrected chi connectivity index (χ3v) is 4.16. The summed E-state index contributed by atoms with van der Waals surface area (Å²) in [4.78, 5) is 14.9. The van der Waals surface area contributed by atoms with Gasteiger partial charge in [0.05, 0.1) is 14.2 Å². The fraction of sp³-hybridized carbons (Fsp3) is 0.562. The molecule has 1 saturated carbocycles. The molecule has 1 aliphatic rings. The summed E-state index contributed by atoms with van der Waals surface area (Å²) in [6, 6.07) is 5.65. The summed E-state index contributed by atoms with van der Waals surface area (Å²) >= 11 is 5.90. The minimum atomic E-state index is -0.0585. The Hall–Kier alpha value is -1.42. The molecule has 0 unspecified atom stereocenters. The van der Waals surface area contributed by atoms with Crippen molar-refractivity contribution < 1.29 is 14.3 Å². The number of amides is 1. The number of ether oxygens (including phenoxy) is 2.